The van der Waals surface area contributed by atoms with Crippen LogP contribution in [-0.2, 0) is 33.6 Å². The molecule has 6 heterocycles. The zero-order valence-corrected chi connectivity index (χ0v) is 68.9. The van der Waals surface area contributed by atoms with Crippen molar-refractivity contribution in [3.05, 3.63) is 86.7 Å². The molecule has 3 saturated heterocycles. The number of nitrogens with two attached hydrogens (primary N) is 1. The molecule has 9 aliphatic rings. The van der Waals surface area contributed by atoms with Crippen molar-refractivity contribution in [2.24, 2.45) is 39.7 Å². The first-order chi connectivity index (χ1) is 55.2. The zero-order chi connectivity index (χ0) is 82.0. The maximum absolute atomic E-state index is 13.9. The van der Waals surface area contributed by atoms with Crippen LogP contribution in [0.15, 0.2) is 54.6 Å². The van der Waals surface area contributed by atoms with Crippen molar-refractivity contribution < 1.29 is 66.0 Å². The van der Waals surface area contributed by atoms with Crippen LogP contribution in [0.2, 0.25) is 15.1 Å². The minimum Gasteiger partial charge on any atom is -0.497 e. The van der Waals surface area contributed by atoms with Crippen LogP contribution >= 0.6 is 47.0 Å². The number of fused-ring (bicyclic) bond motifs is 3. The third-order valence-electron chi connectivity index (χ3n) is 25.8. The van der Waals surface area contributed by atoms with E-state index in [9.17, 15) is 62.4 Å². The summed E-state index contributed by atoms with van der Waals surface area (Å²) in [5.74, 6) is -0.904. The fourth-order valence-corrected chi connectivity index (χ4v) is 20.6. The molecular weight excluding hydrogens is 1550 g/mol. The summed E-state index contributed by atoms with van der Waals surface area (Å²) in [5, 5.41) is 31.6. The molecule has 3 aromatic heterocycles. The lowest BCUT2D eigenvalue weighted by molar-refractivity contribution is -0.130. The van der Waals surface area contributed by atoms with Crippen LogP contribution in [0.4, 0.5) is 3.89 Å². The number of aromatic amines is 3. The highest BCUT2D eigenvalue weighted by molar-refractivity contribution is 7.93. The fraction of sp³-hybridized carbons (Fsp3) is 0.576. The van der Waals surface area contributed by atoms with Gasteiger partial charge in [0, 0.05) is 109 Å². The van der Waals surface area contributed by atoms with Gasteiger partial charge in [0.2, 0.25) is 23.6 Å². The topological polar surface area (TPSA) is 365 Å². The molecule has 15 rings (SSSR count). The van der Waals surface area contributed by atoms with E-state index in [-0.39, 0.29) is 99.5 Å². The molecule has 8 N–H and O–H groups in total. The molecule has 0 radical (unpaired) electrons. The van der Waals surface area contributed by atoms with Gasteiger partial charge in [-0.2, -0.15) is 14.4 Å². The number of nitrogens with zero attached hydrogens (tertiary/aromatic N) is 5. The Morgan fingerprint density at radius 1 is 0.487 bits per heavy atom. The molecule has 9 atom stereocenters. The summed E-state index contributed by atoms with van der Waals surface area (Å²) in [6, 6.07) is 15.5. The predicted octanol–water partition coefficient (Wildman–Crippen LogP) is 14.5. The summed E-state index contributed by atoms with van der Waals surface area (Å²) in [4.78, 5) is 145. The van der Waals surface area contributed by atoms with Crippen LogP contribution in [0.1, 0.15) is 224 Å². The van der Waals surface area contributed by atoms with Crippen molar-refractivity contribution in [1.29, 1.82) is 10.5 Å². The van der Waals surface area contributed by atoms with E-state index < -0.39 is 48.1 Å². The van der Waals surface area contributed by atoms with E-state index in [1.165, 1.54) is 19.1 Å². The predicted molar refractivity (Wildman–Crippen MR) is 436 cm³/mol. The van der Waals surface area contributed by atoms with Crippen LogP contribution < -0.4 is 35.9 Å². The largest absolute Gasteiger partial charge is 0.497 e. The second-order valence-electron chi connectivity index (χ2n) is 33.3. The zero-order valence-electron chi connectivity index (χ0n) is 65.8. The Hall–Kier alpha value is -8.89. The Labute approximate surface area is 688 Å². The molecule has 616 valence electrons. The first kappa shape index (κ1) is 85.5. The molecule has 25 nitrogen and oxygen atoms in total. The number of carbonyl (C=O) groups is 10. The molecule has 6 aliphatic carbocycles. The van der Waals surface area contributed by atoms with E-state index in [1.54, 1.807) is 78.5 Å². The number of hydrogen-bond donors (Lipinski definition) is 7. The maximum atomic E-state index is 13.9. The van der Waals surface area contributed by atoms with Gasteiger partial charge in [0.1, 0.15) is 87.9 Å². The number of nitriles is 2. The Morgan fingerprint density at radius 3 is 1.03 bits per heavy atom. The third kappa shape index (κ3) is 19.5. The molecular formula is C85H104Cl3FN12O13S. The summed E-state index contributed by atoms with van der Waals surface area (Å²) >= 11 is 19.5. The van der Waals surface area contributed by atoms with Gasteiger partial charge in [0.15, 0.2) is 0 Å². The maximum Gasteiger partial charge on any atom is 0.271 e. The van der Waals surface area contributed by atoms with E-state index in [0.717, 1.165) is 132 Å². The van der Waals surface area contributed by atoms with Crippen molar-refractivity contribution in [3.8, 4) is 29.4 Å². The molecule has 3 aromatic carbocycles. The van der Waals surface area contributed by atoms with Gasteiger partial charge in [0.25, 0.3) is 17.7 Å². The monoisotopic (exact) mass is 1660 g/mol. The number of carbonyl (C=O) groups excluding carboxylic acids is 10. The number of H-pyrrole nitrogens is 3. The van der Waals surface area contributed by atoms with Crippen molar-refractivity contribution in [1.82, 2.24) is 45.6 Å². The number of rotatable bonds is 19. The van der Waals surface area contributed by atoms with Crippen molar-refractivity contribution in [2.75, 3.05) is 47.2 Å². The van der Waals surface area contributed by atoms with E-state index in [1.807, 2.05) is 12.1 Å². The summed E-state index contributed by atoms with van der Waals surface area (Å²) in [6.45, 7) is 1.49. The molecule has 115 heavy (non-hydrogen) atoms. The number of hydrogen-bond acceptors (Lipinski definition) is 16. The average Bonchev–Trinajstić information content (AvgIpc) is 1.63. The second-order valence-corrected chi connectivity index (χ2v) is 34.8. The number of amides is 7. The Kier molecular flexibility index (Phi) is 27.9. The third-order valence-corrected chi connectivity index (χ3v) is 26.7. The number of nitrogens with one attached hydrogen (secondary N) is 6. The highest BCUT2D eigenvalue weighted by Gasteiger charge is 2.53. The quantitative estimate of drug-likeness (QED) is 0.0396. The summed E-state index contributed by atoms with van der Waals surface area (Å²) in [5.41, 5.74) is 8.30. The summed E-state index contributed by atoms with van der Waals surface area (Å²) in [7, 11) is 4.67. The number of benzene rings is 3. The molecule has 0 bridgehead atoms. The molecule has 6 saturated carbocycles. The lowest BCUT2D eigenvalue weighted by atomic mass is 9.72. The van der Waals surface area contributed by atoms with E-state index in [0.29, 0.717) is 143 Å². The Bertz CT molecular complexity index is 4550. The first-order valence-corrected chi connectivity index (χ1v) is 42.8. The molecule has 3 aliphatic heterocycles. The second kappa shape index (κ2) is 37.6. The summed E-state index contributed by atoms with van der Waals surface area (Å²) in [6.07, 6.45) is 26.0. The van der Waals surface area contributed by atoms with Crippen molar-refractivity contribution >= 4 is 138 Å². The Morgan fingerprint density at radius 2 is 0.774 bits per heavy atom. The van der Waals surface area contributed by atoms with Crippen LogP contribution in [0.3, 0.4) is 0 Å². The number of primary amides is 1. The highest BCUT2D eigenvalue weighted by Crippen LogP contribution is 2.51. The van der Waals surface area contributed by atoms with E-state index in [4.69, 9.17) is 54.7 Å². The lowest BCUT2D eigenvalue weighted by Crippen LogP contribution is -2.53. The number of halogens is 4. The summed E-state index contributed by atoms with van der Waals surface area (Å²) < 4.78 is 26.1. The molecule has 3 spiro atoms. The van der Waals surface area contributed by atoms with Crippen molar-refractivity contribution in [2.45, 2.75) is 229 Å². The average molecular weight is 1660 g/mol. The number of Topliss-reactive ketones (excluding diaryl/α,β-unsaturated/α-hetero) is 3. The van der Waals surface area contributed by atoms with Gasteiger partial charge in [-0.15, -0.1) is 0 Å². The van der Waals surface area contributed by atoms with Gasteiger partial charge >= 0.3 is 0 Å². The number of ether oxygens (including phenoxy) is 3. The minimum atomic E-state index is -0.950. The number of ketones is 3. The van der Waals surface area contributed by atoms with Crippen LogP contribution in [0.5, 0.6) is 17.2 Å². The van der Waals surface area contributed by atoms with Gasteiger partial charge < -0.3 is 65.5 Å². The minimum absolute atomic E-state index is 0.0909. The van der Waals surface area contributed by atoms with Crippen LogP contribution in [-0.4, -0.2) is 172 Å². The van der Waals surface area contributed by atoms with Gasteiger partial charge in [-0.05, 0) is 168 Å². The lowest BCUT2D eigenvalue weighted by Gasteiger charge is -2.32. The molecule has 7 amide bonds. The molecule has 3 unspecified atom stereocenters. The number of likely N-dealkylation sites (tertiary alicyclic amines) is 3. The van der Waals surface area contributed by atoms with Gasteiger partial charge in [-0.1, -0.05) is 92.6 Å². The van der Waals surface area contributed by atoms with Crippen molar-refractivity contribution in [3.63, 3.8) is 0 Å². The number of methoxy groups -OCH3 is 3. The molecule has 30 heteroatoms. The molecule has 6 aromatic rings. The number of aromatic nitrogens is 3. The van der Waals surface area contributed by atoms with Gasteiger partial charge in [0.05, 0.1) is 65.1 Å². The highest BCUT2D eigenvalue weighted by atomic mass is 35.5. The van der Waals surface area contributed by atoms with Crippen LogP contribution in [0.25, 0.3) is 32.7 Å². The molecule has 9 fully saturated rings. The normalized spacial score (nSPS) is 23.3. The first-order valence-electron chi connectivity index (χ1n) is 40.5. The smallest absolute Gasteiger partial charge is 0.271 e. The Balaban J connectivity index is 0.000000156. The van der Waals surface area contributed by atoms with E-state index in [2.05, 4.69) is 43.0 Å². The van der Waals surface area contributed by atoms with Gasteiger partial charge in [-0.3, -0.25) is 47.9 Å². The van der Waals surface area contributed by atoms with Gasteiger partial charge in [-0.25, -0.2) is 0 Å². The fourth-order valence-electron chi connectivity index (χ4n) is 19.8. The van der Waals surface area contributed by atoms with E-state index >= 15 is 0 Å². The SMILES string of the molecule is COc1cc(Cl)c2[nH]c(C(=O)N3CC4(CCCCC4)CC3C(=O)N[C@@H](C[C@@H]3CCCC3=O)C(N)=O)cc2c1.COc1cc(Cl)c2[nH]c(C(=O)N3CC4(CCCCC4)CC3C(=O)N[C@H](C#N)C[C@@H]3CCCC3=O)cc2c1.COc1cc(Cl)c2[nH]c(C(=O)N3CC4(CCCCC4)CC3C(=O)N[C@H](C#N)C[C@@H]3CCCC3=O)cc2c1.CSF. The standard InChI is InChI=1S/C28H35ClN4O5.2C28H33ClN4O4.CH3FS/c1-38-18-10-17-12-21(31-24(17)19(29)13-18)27(37)33-15-28(8-3-2-4-9-28)14-22(33)26(36)32-20(25(30)35)11-16-6-5-7-23(16)34;2*1-37-20-11-18-12-22(32-25(18)21(29)13-20)27(36)33-16-28(8-3-2-4-9-28)14-23(33)26(35)31-19(15-30)10-17-6-5-7-24(17)34;1-3-2/h10,12-13,16,20,22,31H,2-9,11,14-15H2,1H3,(H2,30,35)(H,32,36);2*11-13,17,19,23,32H,2-10,14,16H2,1H3,(H,31,35);1H3/t16-,20-,22?;2*17-,19-,23?;/m000./s1. The van der Waals surface area contributed by atoms with Crippen LogP contribution in [0, 0.1) is 56.7 Å².